The van der Waals surface area contributed by atoms with Crippen molar-refractivity contribution in [3.8, 4) is 0 Å². The van der Waals surface area contributed by atoms with Gasteiger partial charge >= 0.3 is 5.97 Å². The minimum Gasteiger partial charge on any atom is -0.463 e. The van der Waals surface area contributed by atoms with Crippen molar-refractivity contribution in [1.82, 2.24) is 0 Å². The first-order chi connectivity index (χ1) is 11.3. The highest BCUT2D eigenvalue weighted by Gasteiger charge is 2.37. The summed E-state index contributed by atoms with van der Waals surface area (Å²) in [5, 5.41) is 0. The number of rotatable bonds is 7. The number of esters is 1. The van der Waals surface area contributed by atoms with E-state index in [-0.39, 0.29) is 17.5 Å². The molecule has 0 saturated heterocycles. The Morgan fingerprint density at radius 1 is 1.25 bits per heavy atom. The Hall–Kier alpha value is -1.13. The molecule has 0 spiro atoms. The predicted molar refractivity (Wildman–Crippen MR) is 103 cm³/mol. The van der Waals surface area contributed by atoms with Gasteiger partial charge in [-0.1, -0.05) is 51.2 Å². The minimum absolute atomic E-state index is 0.125. The van der Waals surface area contributed by atoms with Crippen LogP contribution in [0.15, 0.2) is 36.5 Å². The van der Waals surface area contributed by atoms with E-state index in [1.165, 1.54) is 6.08 Å². The Morgan fingerprint density at radius 3 is 2.50 bits per heavy atom. The van der Waals surface area contributed by atoms with Crippen molar-refractivity contribution in [2.45, 2.75) is 59.7 Å². The van der Waals surface area contributed by atoms with Gasteiger partial charge in [0.2, 0.25) is 0 Å². The molecule has 0 aromatic heterocycles. The van der Waals surface area contributed by atoms with Crippen LogP contribution in [-0.4, -0.2) is 27.7 Å². The Labute approximate surface area is 149 Å². The zero-order chi connectivity index (χ0) is 18.2. The number of carbonyl (C=O) groups is 1. The smallest absolute Gasteiger partial charge is 0.330 e. The first kappa shape index (κ1) is 20.9. The van der Waals surface area contributed by atoms with Gasteiger partial charge < -0.3 is 9.16 Å². The topological polar surface area (TPSA) is 35.5 Å². The second-order valence-corrected chi connectivity index (χ2v) is 10.1. The zero-order valence-corrected chi connectivity index (χ0v) is 17.3. The summed E-state index contributed by atoms with van der Waals surface area (Å²) in [4.78, 5) is 11.3. The molecule has 1 aliphatic carbocycles. The molecule has 3 unspecified atom stereocenters. The molecule has 0 fully saturated rings. The molecule has 0 radical (unpaired) electrons. The summed E-state index contributed by atoms with van der Waals surface area (Å²) >= 11 is 0. The summed E-state index contributed by atoms with van der Waals surface area (Å²) in [6, 6.07) is 0. The molecule has 0 amide bonds. The van der Waals surface area contributed by atoms with Crippen molar-refractivity contribution < 1.29 is 14.0 Å². The van der Waals surface area contributed by atoms with Crippen LogP contribution in [0.2, 0.25) is 13.1 Å². The van der Waals surface area contributed by atoms with E-state index in [1.807, 2.05) is 13.0 Å². The van der Waals surface area contributed by atoms with Gasteiger partial charge in [-0.15, -0.1) is 0 Å². The first-order valence-corrected chi connectivity index (χ1v) is 11.9. The zero-order valence-electron chi connectivity index (χ0n) is 16.1. The van der Waals surface area contributed by atoms with E-state index in [0.29, 0.717) is 18.4 Å². The van der Waals surface area contributed by atoms with Crippen LogP contribution in [0.5, 0.6) is 0 Å². The number of allylic oxidation sites excluding steroid dienone is 5. The Kier molecular flexibility index (Phi) is 8.71. The minimum atomic E-state index is -1.10. The van der Waals surface area contributed by atoms with E-state index in [0.717, 1.165) is 12.8 Å². The molecule has 1 aliphatic rings. The molecule has 0 heterocycles. The second-order valence-electron chi connectivity index (χ2n) is 7.74. The van der Waals surface area contributed by atoms with Crippen LogP contribution in [-0.2, 0) is 14.0 Å². The van der Waals surface area contributed by atoms with Gasteiger partial charge in [0.05, 0.1) is 12.7 Å². The average Bonchev–Trinajstić information content (AvgIpc) is 2.49. The Bertz CT molecular complexity index is 472. The quantitative estimate of drug-likeness (QED) is 0.220. The molecule has 0 aromatic carbocycles. The van der Waals surface area contributed by atoms with Crippen molar-refractivity contribution in [3.05, 3.63) is 36.5 Å². The molecule has 0 N–H and O–H groups in total. The van der Waals surface area contributed by atoms with Crippen LogP contribution >= 0.6 is 0 Å². The van der Waals surface area contributed by atoms with Crippen molar-refractivity contribution in [1.29, 1.82) is 0 Å². The molecule has 0 bridgehead atoms. The summed E-state index contributed by atoms with van der Waals surface area (Å²) in [5.41, 5.74) is 0.125. The lowest BCUT2D eigenvalue weighted by Gasteiger charge is -2.42. The van der Waals surface area contributed by atoms with Crippen LogP contribution in [0.4, 0.5) is 0 Å². The van der Waals surface area contributed by atoms with Gasteiger partial charge in [-0.05, 0) is 50.1 Å². The maximum absolute atomic E-state index is 11.3. The van der Waals surface area contributed by atoms with Crippen LogP contribution in [0.3, 0.4) is 0 Å². The molecule has 1 rings (SSSR count). The number of ether oxygens (including phenoxy) is 1. The molecule has 0 aromatic rings. The third-order valence-corrected chi connectivity index (χ3v) is 5.02. The first-order valence-electron chi connectivity index (χ1n) is 9.07. The van der Waals surface area contributed by atoms with Gasteiger partial charge in [-0.3, -0.25) is 0 Å². The van der Waals surface area contributed by atoms with E-state index in [4.69, 9.17) is 9.16 Å². The molecular weight excluding hydrogens is 316 g/mol. The maximum atomic E-state index is 11.3. The SMILES string of the molecule is CCOC(=O)C=CC=CC1CC=CCC1C(O[SiH](C)C)C(C)(C)C. The highest BCUT2D eigenvalue weighted by Crippen LogP contribution is 2.39. The van der Waals surface area contributed by atoms with Gasteiger partial charge in [-0.2, -0.15) is 0 Å². The third-order valence-electron chi connectivity index (χ3n) is 4.18. The van der Waals surface area contributed by atoms with Crippen LogP contribution in [0.1, 0.15) is 40.5 Å². The number of carbonyl (C=O) groups excluding carboxylic acids is 1. The predicted octanol–water partition coefficient (Wildman–Crippen LogP) is 4.66. The molecular formula is C20H34O3Si. The lowest BCUT2D eigenvalue weighted by atomic mass is 9.71. The summed E-state index contributed by atoms with van der Waals surface area (Å²) in [7, 11) is -1.10. The maximum Gasteiger partial charge on any atom is 0.330 e. The van der Waals surface area contributed by atoms with E-state index in [9.17, 15) is 4.79 Å². The van der Waals surface area contributed by atoms with Crippen molar-refractivity contribution in [2.24, 2.45) is 17.3 Å². The lowest BCUT2D eigenvalue weighted by molar-refractivity contribution is -0.137. The van der Waals surface area contributed by atoms with Crippen LogP contribution in [0.25, 0.3) is 0 Å². The summed E-state index contributed by atoms with van der Waals surface area (Å²) in [6.45, 7) is 13.5. The fraction of sp³-hybridized carbons (Fsp3) is 0.650. The molecule has 24 heavy (non-hydrogen) atoms. The largest absolute Gasteiger partial charge is 0.463 e. The number of hydrogen-bond acceptors (Lipinski definition) is 3. The number of hydrogen-bond donors (Lipinski definition) is 0. The highest BCUT2D eigenvalue weighted by molar-refractivity contribution is 6.48. The summed E-state index contributed by atoms with van der Waals surface area (Å²) in [6.07, 6.45) is 14.3. The highest BCUT2D eigenvalue weighted by atomic mass is 28.3. The molecule has 0 aliphatic heterocycles. The van der Waals surface area contributed by atoms with E-state index in [2.05, 4.69) is 52.1 Å². The van der Waals surface area contributed by atoms with E-state index in [1.54, 1.807) is 6.08 Å². The fourth-order valence-electron chi connectivity index (χ4n) is 3.20. The molecule has 3 atom stereocenters. The van der Waals surface area contributed by atoms with E-state index < -0.39 is 9.04 Å². The summed E-state index contributed by atoms with van der Waals surface area (Å²) < 4.78 is 11.3. The Morgan fingerprint density at radius 2 is 1.92 bits per heavy atom. The lowest BCUT2D eigenvalue weighted by Crippen LogP contribution is -2.42. The van der Waals surface area contributed by atoms with E-state index >= 15 is 0 Å². The van der Waals surface area contributed by atoms with Crippen molar-refractivity contribution in [3.63, 3.8) is 0 Å². The van der Waals surface area contributed by atoms with Crippen LogP contribution < -0.4 is 0 Å². The normalized spacial score (nSPS) is 23.3. The monoisotopic (exact) mass is 350 g/mol. The standard InChI is InChI=1S/C20H34O3Si/c1-7-22-18(21)15-11-9-13-16-12-8-10-14-17(16)19(20(2,3)4)23-24(5)6/h8-11,13,15-17,19,24H,7,12,14H2,1-6H3. The second kappa shape index (κ2) is 9.99. The van der Waals surface area contributed by atoms with Crippen molar-refractivity contribution >= 4 is 15.0 Å². The van der Waals surface area contributed by atoms with Crippen molar-refractivity contribution in [2.75, 3.05) is 6.61 Å². The van der Waals surface area contributed by atoms with Gasteiger partial charge in [0.1, 0.15) is 0 Å². The van der Waals surface area contributed by atoms with Crippen LogP contribution in [0, 0.1) is 17.3 Å². The third kappa shape index (κ3) is 7.18. The fourth-order valence-corrected chi connectivity index (χ4v) is 4.39. The Balaban J connectivity index is 2.83. The molecule has 3 nitrogen and oxygen atoms in total. The summed E-state index contributed by atoms with van der Waals surface area (Å²) in [5.74, 6) is 0.639. The van der Waals surface area contributed by atoms with Gasteiger partial charge in [0.15, 0.2) is 9.04 Å². The van der Waals surface area contributed by atoms with Gasteiger partial charge in [0.25, 0.3) is 0 Å². The van der Waals surface area contributed by atoms with Gasteiger partial charge in [0, 0.05) is 6.08 Å². The molecule has 4 heteroatoms. The van der Waals surface area contributed by atoms with Gasteiger partial charge in [-0.25, -0.2) is 4.79 Å². The molecule has 0 saturated carbocycles. The average molecular weight is 351 g/mol. The molecule has 136 valence electrons.